The number of methoxy groups -OCH3 is 3. The molecule has 1 N–H and O–H groups in total. The van der Waals surface area contributed by atoms with Crippen molar-refractivity contribution in [1.29, 1.82) is 5.26 Å². The summed E-state index contributed by atoms with van der Waals surface area (Å²) in [5.41, 5.74) is 2.45. The minimum Gasteiger partial charge on any atom is -0.493 e. The number of fused-ring (bicyclic) bond motifs is 1. The van der Waals surface area contributed by atoms with Gasteiger partial charge >= 0.3 is 0 Å². The van der Waals surface area contributed by atoms with Gasteiger partial charge in [0, 0.05) is 17.0 Å². The van der Waals surface area contributed by atoms with Gasteiger partial charge in [0.25, 0.3) is 0 Å². The number of aryl methyl sites for hydroxylation is 1. The predicted octanol–water partition coefficient (Wildman–Crippen LogP) is 5.48. The first-order valence-corrected chi connectivity index (χ1v) is 14.2. The van der Waals surface area contributed by atoms with E-state index in [0.29, 0.717) is 45.3 Å². The zero-order valence-electron chi connectivity index (χ0n) is 21.8. The summed E-state index contributed by atoms with van der Waals surface area (Å²) in [6, 6.07) is 5.94. The van der Waals surface area contributed by atoms with Crippen LogP contribution < -0.4 is 19.5 Å². The van der Waals surface area contributed by atoms with E-state index in [1.165, 1.54) is 40.8 Å². The lowest BCUT2D eigenvalue weighted by atomic mass is 9.97. The lowest BCUT2D eigenvalue weighted by Crippen LogP contribution is -2.14. The Labute approximate surface area is 230 Å². The molecule has 2 aromatic heterocycles. The van der Waals surface area contributed by atoms with Crippen LogP contribution in [-0.4, -0.2) is 47.8 Å². The third-order valence-electron chi connectivity index (χ3n) is 6.32. The van der Waals surface area contributed by atoms with Crippen LogP contribution in [-0.2, 0) is 24.2 Å². The number of carbonyl (C=O) groups excluding carboxylic acids is 1. The number of ether oxygens (including phenoxy) is 3. The van der Waals surface area contributed by atoms with Crippen LogP contribution in [0.3, 0.4) is 0 Å². The fraction of sp³-hybridized carbons (Fsp3) is 0.407. The normalized spacial score (nSPS) is 13.0. The summed E-state index contributed by atoms with van der Waals surface area (Å²) in [4.78, 5) is 14.2. The molecule has 0 saturated heterocycles. The highest BCUT2D eigenvalue weighted by atomic mass is 32.2. The van der Waals surface area contributed by atoms with Crippen LogP contribution in [0, 0.1) is 11.3 Å². The van der Waals surface area contributed by atoms with E-state index in [1.54, 1.807) is 39.5 Å². The molecular formula is C27H31N5O4S2. The number of allylic oxidation sites excluding steroid dienone is 1. The highest BCUT2D eigenvalue weighted by Crippen LogP contribution is 2.41. The molecule has 0 unspecified atom stereocenters. The number of hydrogen-bond acceptors (Lipinski definition) is 9. The fourth-order valence-corrected chi connectivity index (χ4v) is 6.54. The van der Waals surface area contributed by atoms with Crippen LogP contribution >= 0.6 is 23.1 Å². The third kappa shape index (κ3) is 5.81. The molecule has 0 radical (unpaired) electrons. The number of amides is 1. The summed E-state index contributed by atoms with van der Waals surface area (Å²) in [6.45, 7) is 4.30. The maximum atomic E-state index is 12.9. The van der Waals surface area contributed by atoms with E-state index in [1.807, 2.05) is 4.57 Å². The Morgan fingerprint density at radius 3 is 2.50 bits per heavy atom. The molecule has 11 heteroatoms. The van der Waals surface area contributed by atoms with Crippen LogP contribution in [0.15, 0.2) is 29.9 Å². The minimum atomic E-state index is -0.191. The summed E-state index contributed by atoms with van der Waals surface area (Å²) in [6.07, 6.45) is 8.20. The molecule has 2 heterocycles. The molecule has 0 aliphatic heterocycles. The van der Waals surface area contributed by atoms with Gasteiger partial charge in [-0.2, -0.15) is 5.26 Å². The number of nitriles is 1. The summed E-state index contributed by atoms with van der Waals surface area (Å²) >= 11 is 2.81. The molecule has 0 atom stereocenters. The van der Waals surface area contributed by atoms with Crippen LogP contribution in [0.25, 0.3) is 11.4 Å². The van der Waals surface area contributed by atoms with Crippen LogP contribution in [0.5, 0.6) is 17.2 Å². The van der Waals surface area contributed by atoms with Crippen LogP contribution in [0.2, 0.25) is 0 Å². The molecule has 1 aliphatic carbocycles. The summed E-state index contributed by atoms with van der Waals surface area (Å²) in [5, 5.41) is 22.7. The van der Waals surface area contributed by atoms with Crippen molar-refractivity contribution in [1.82, 2.24) is 14.8 Å². The lowest BCUT2D eigenvalue weighted by Gasteiger charge is -2.14. The van der Waals surface area contributed by atoms with Gasteiger partial charge in [0.15, 0.2) is 22.5 Å². The average molecular weight is 554 g/mol. The molecule has 38 heavy (non-hydrogen) atoms. The Morgan fingerprint density at radius 1 is 1.16 bits per heavy atom. The Bertz CT molecular complexity index is 1330. The molecule has 1 aromatic carbocycles. The number of nitrogens with one attached hydrogen (secondary N) is 1. The van der Waals surface area contributed by atoms with Gasteiger partial charge in [-0.05, 0) is 43.4 Å². The number of benzene rings is 1. The third-order valence-corrected chi connectivity index (χ3v) is 8.49. The molecule has 200 valence electrons. The second-order valence-electron chi connectivity index (χ2n) is 8.69. The van der Waals surface area contributed by atoms with Gasteiger partial charge in [-0.25, -0.2) is 0 Å². The zero-order valence-corrected chi connectivity index (χ0v) is 23.5. The molecule has 4 rings (SSSR count). The molecule has 0 saturated carbocycles. The van der Waals surface area contributed by atoms with Crippen molar-refractivity contribution in [2.45, 2.75) is 50.2 Å². The van der Waals surface area contributed by atoms with Crippen LogP contribution in [0.1, 0.15) is 41.7 Å². The first-order valence-electron chi connectivity index (χ1n) is 12.4. The number of anilines is 1. The van der Waals surface area contributed by atoms with Crippen molar-refractivity contribution in [2.75, 3.05) is 32.4 Å². The first-order chi connectivity index (χ1) is 18.5. The fourth-order valence-electron chi connectivity index (χ4n) is 4.53. The minimum absolute atomic E-state index is 0.123. The van der Waals surface area contributed by atoms with Crippen LogP contribution in [0.4, 0.5) is 5.00 Å². The summed E-state index contributed by atoms with van der Waals surface area (Å²) in [5.74, 6) is 2.00. The number of rotatable bonds is 10. The van der Waals surface area contributed by atoms with Gasteiger partial charge in [0.05, 0.1) is 32.6 Å². The van der Waals surface area contributed by atoms with Gasteiger partial charge in [-0.15, -0.1) is 28.1 Å². The molecular weight excluding hydrogens is 522 g/mol. The Morgan fingerprint density at radius 2 is 1.87 bits per heavy atom. The number of hydrogen-bond donors (Lipinski definition) is 1. The van der Waals surface area contributed by atoms with Crippen molar-refractivity contribution in [3.05, 3.63) is 40.8 Å². The largest absolute Gasteiger partial charge is 0.493 e. The number of aromatic nitrogens is 3. The van der Waals surface area contributed by atoms with Crippen molar-refractivity contribution < 1.29 is 19.0 Å². The van der Waals surface area contributed by atoms with Gasteiger partial charge in [0.1, 0.15) is 11.1 Å². The standard InChI is InChI=1S/C27H31N5O4S2/c1-5-12-32-25(17-13-20(34-2)24(36-4)21(14-17)35-3)30-31-27(32)37-16-23(33)29-26-19(15-28)18-10-8-6-7-9-11-22(18)38-26/h5,13-14H,1,6-12,16H2,2-4H3,(H,29,33). The number of carbonyl (C=O) groups is 1. The van der Waals surface area contributed by atoms with E-state index in [2.05, 4.69) is 28.2 Å². The second-order valence-corrected chi connectivity index (χ2v) is 10.7. The molecule has 0 spiro atoms. The van der Waals surface area contributed by atoms with E-state index >= 15 is 0 Å². The highest BCUT2D eigenvalue weighted by molar-refractivity contribution is 7.99. The molecule has 0 fully saturated rings. The van der Waals surface area contributed by atoms with E-state index in [4.69, 9.17) is 14.2 Å². The van der Waals surface area contributed by atoms with E-state index in [-0.39, 0.29) is 11.7 Å². The smallest absolute Gasteiger partial charge is 0.235 e. The molecule has 1 amide bonds. The SMILES string of the molecule is C=CCn1c(SCC(=O)Nc2sc3c(c2C#N)CCCCCC3)nnc1-c1cc(OC)c(OC)c(OC)c1. The molecule has 3 aromatic rings. The zero-order chi connectivity index (χ0) is 27.1. The van der Waals surface area contributed by atoms with Gasteiger partial charge in [0.2, 0.25) is 11.7 Å². The van der Waals surface area contributed by atoms with Gasteiger partial charge in [-0.3, -0.25) is 9.36 Å². The Hall–Kier alpha value is -3.49. The maximum Gasteiger partial charge on any atom is 0.235 e. The number of thioether (sulfide) groups is 1. The lowest BCUT2D eigenvalue weighted by molar-refractivity contribution is -0.113. The predicted molar refractivity (Wildman–Crippen MR) is 150 cm³/mol. The highest BCUT2D eigenvalue weighted by Gasteiger charge is 2.22. The van der Waals surface area contributed by atoms with Crippen molar-refractivity contribution >= 4 is 34.0 Å². The van der Waals surface area contributed by atoms with E-state index < -0.39 is 0 Å². The topological polar surface area (TPSA) is 111 Å². The van der Waals surface area contributed by atoms with Gasteiger partial charge < -0.3 is 19.5 Å². The first kappa shape index (κ1) is 27.5. The second kappa shape index (κ2) is 12.8. The number of nitrogens with zero attached hydrogens (tertiary/aromatic N) is 4. The maximum absolute atomic E-state index is 12.9. The van der Waals surface area contributed by atoms with Gasteiger partial charge in [-0.1, -0.05) is 30.7 Å². The van der Waals surface area contributed by atoms with Crippen molar-refractivity contribution in [3.8, 4) is 34.7 Å². The molecule has 1 aliphatic rings. The van der Waals surface area contributed by atoms with Crippen molar-refractivity contribution in [3.63, 3.8) is 0 Å². The number of thiophene rings is 1. The Balaban J connectivity index is 1.53. The summed E-state index contributed by atoms with van der Waals surface area (Å²) < 4.78 is 18.3. The molecule has 0 bridgehead atoms. The van der Waals surface area contributed by atoms with E-state index in [0.717, 1.165) is 36.8 Å². The Kier molecular flexibility index (Phi) is 9.31. The summed E-state index contributed by atoms with van der Waals surface area (Å²) in [7, 11) is 4.66. The van der Waals surface area contributed by atoms with Crippen molar-refractivity contribution in [2.24, 2.45) is 0 Å². The molecule has 9 nitrogen and oxygen atoms in total. The van der Waals surface area contributed by atoms with E-state index in [9.17, 15) is 10.1 Å². The monoisotopic (exact) mass is 553 g/mol. The quantitative estimate of drug-likeness (QED) is 0.260. The average Bonchev–Trinajstić information content (AvgIpc) is 3.46.